The molecule has 0 unspecified atom stereocenters. The fourth-order valence-corrected chi connectivity index (χ4v) is 2.26. The van der Waals surface area contributed by atoms with Crippen LogP contribution in [0, 0.1) is 6.92 Å². The number of hydrogen-bond acceptors (Lipinski definition) is 7. The fourth-order valence-electron chi connectivity index (χ4n) is 2.26. The molecule has 0 aliphatic carbocycles. The number of hydrazone groups is 1. The first-order valence-corrected chi connectivity index (χ1v) is 8.67. The van der Waals surface area contributed by atoms with Gasteiger partial charge in [0.15, 0.2) is 17.3 Å². The van der Waals surface area contributed by atoms with Crippen molar-refractivity contribution in [2.24, 2.45) is 5.10 Å². The predicted molar refractivity (Wildman–Crippen MR) is 101 cm³/mol. The van der Waals surface area contributed by atoms with Gasteiger partial charge in [-0.05, 0) is 37.1 Å². The molecule has 0 atom stereocenters. The summed E-state index contributed by atoms with van der Waals surface area (Å²) in [4.78, 5) is 15.0. The SMILES string of the molecule is CCCCCCOc1ccc(/C=N\Nc2nc(=O)[nH]nc2C)cc1OC. The molecular weight excluding hydrogens is 334 g/mol. The van der Waals surface area contributed by atoms with Crippen molar-refractivity contribution in [3.63, 3.8) is 0 Å². The van der Waals surface area contributed by atoms with E-state index >= 15 is 0 Å². The summed E-state index contributed by atoms with van der Waals surface area (Å²) in [6.07, 6.45) is 6.23. The van der Waals surface area contributed by atoms with E-state index in [-0.39, 0.29) is 0 Å². The van der Waals surface area contributed by atoms with E-state index in [0.717, 1.165) is 12.0 Å². The van der Waals surface area contributed by atoms with Crippen LogP contribution in [0.1, 0.15) is 43.9 Å². The lowest BCUT2D eigenvalue weighted by Gasteiger charge is -2.11. The number of aryl methyl sites for hydroxylation is 1. The molecule has 1 heterocycles. The Kier molecular flexibility index (Phi) is 7.60. The van der Waals surface area contributed by atoms with Crippen LogP contribution in [0.25, 0.3) is 0 Å². The Morgan fingerprint density at radius 1 is 1.27 bits per heavy atom. The number of benzene rings is 1. The lowest BCUT2D eigenvalue weighted by Crippen LogP contribution is -2.15. The summed E-state index contributed by atoms with van der Waals surface area (Å²) in [5.41, 5.74) is 3.55. The molecule has 0 fully saturated rings. The van der Waals surface area contributed by atoms with E-state index in [1.54, 1.807) is 20.2 Å². The van der Waals surface area contributed by atoms with Crippen LogP contribution in [0.15, 0.2) is 28.1 Å². The van der Waals surface area contributed by atoms with Gasteiger partial charge < -0.3 is 9.47 Å². The smallest absolute Gasteiger partial charge is 0.363 e. The number of nitrogens with one attached hydrogen (secondary N) is 2. The molecule has 140 valence electrons. The molecule has 0 saturated carbocycles. The molecule has 0 bridgehead atoms. The standard InChI is InChI=1S/C18H25N5O3/c1-4-5-6-7-10-26-15-9-8-14(11-16(15)25-3)12-19-22-17-13(2)21-23-18(24)20-17/h8-9,11-12H,4-7,10H2,1-3H3,(H2,20,22,23,24)/b19-12-. The van der Waals surface area contributed by atoms with E-state index in [0.29, 0.717) is 29.6 Å². The Bertz CT molecular complexity index is 789. The molecule has 8 heteroatoms. The van der Waals surface area contributed by atoms with Crippen molar-refractivity contribution in [2.45, 2.75) is 39.5 Å². The zero-order chi connectivity index (χ0) is 18.8. The Morgan fingerprint density at radius 2 is 2.12 bits per heavy atom. The van der Waals surface area contributed by atoms with E-state index in [4.69, 9.17) is 9.47 Å². The fraction of sp³-hybridized carbons (Fsp3) is 0.444. The van der Waals surface area contributed by atoms with Crippen LogP contribution in [-0.2, 0) is 0 Å². The summed E-state index contributed by atoms with van der Waals surface area (Å²) in [7, 11) is 1.60. The molecule has 2 rings (SSSR count). The molecule has 1 aromatic carbocycles. The number of methoxy groups -OCH3 is 1. The lowest BCUT2D eigenvalue weighted by atomic mass is 10.2. The van der Waals surface area contributed by atoms with Gasteiger partial charge in [-0.2, -0.15) is 15.2 Å². The Labute approximate surface area is 152 Å². The van der Waals surface area contributed by atoms with Gasteiger partial charge in [0.2, 0.25) is 0 Å². The zero-order valence-electron chi connectivity index (χ0n) is 15.4. The maximum absolute atomic E-state index is 11.2. The second kappa shape index (κ2) is 10.2. The summed E-state index contributed by atoms with van der Waals surface area (Å²) < 4.78 is 11.2. The second-order valence-corrected chi connectivity index (χ2v) is 5.76. The molecule has 0 aliphatic rings. The number of aromatic amines is 1. The van der Waals surface area contributed by atoms with E-state index in [1.165, 1.54) is 19.3 Å². The molecule has 0 saturated heterocycles. The quantitative estimate of drug-likeness (QED) is 0.384. The summed E-state index contributed by atoms with van der Waals surface area (Å²) in [5, 5.41) is 10.2. The molecule has 2 aromatic rings. The minimum Gasteiger partial charge on any atom is -0.493 e. The van der Waals surface area contributed by atoms with Crippen molar-refractivity contribution in [3.05, 3.63) is 39.9 Å². The lowest BCUT2D eigenvalue weighted by molar-refractivity contribution is 0.285. The number of aromatic nitrogens is 3. The second-order valence-electron chi connectivity index (χ2n) is 5.76. The van der Waals surface area contributed by atoms with Crippen LogP contribution in [0.2, 0.25) is 0 Å². The van der Waals surface area contributed by atoms with Crippen LogP contribution in [-0.4, -0.2) is 35.1 Å². The van der Waals surface area contributed by atoms with Gasteiger partial charge in [-0.25, -0.2) is 9.89 Å². The maximum atomic E-state index is 11.2. The van der Waals surface area contributed by atoms with Crippen LogP contribution in [0.4, 0.5) is 5.82 Å². The molecule has 1 aromatic heterocycles. The highest BCUT2D eigenvalue weighted by Gasteiger charge is 2.05. The number of anilines is 1. The van der Waals surface area contributed by atoms with E-state index in [2.05, 4.69) is 32.6 Å². The van der Waals surface area contributed by atoms with Gasteiger partial charge in [0.25, 0.3) is 0 Å². The largest absolute Gasteiger partial charge is 0.493 e. The van der Waals surface area contributed by atoms with Gasteiger partial charge in [0.05, 0.1) is 19.9 Å². The number of hydrogen-bond donors (Lipinski definition) is 2. The van der Waals surface area contributed by atoms with E-state index < -0.39 is 5.69 Å². The first-order valence-electron chi connectivity index (χ1n) is 8.67. The van der Waals surface area contributed by atoms with E-state index in [9.17, 15) is 4.79 Å². The number of rotatable bonds is 10. The van der Waals surface area contributed by atoms with E-state index in [1.807, 2.05) is 18.2 Å². The maximum Gasteiger partial charge on any atom is 0.363 e. The van der Waals surface area contributed by atoms with Crippen molar-refractivity contribution in [3.8, 4) is 11.5 Å². The average molecular weight is 359 g/mol. The third-order valence-electron chi connectivity index (χ3n) is 3.70. The van der Waals surface area contributed by atoms with Crippen molar-refractivity contribution in [2.75, 3.05) is 19.1 Å². The number of unbranched alkanes of at least 4 members (excludes halogenated alkanes) is 3. The molecule has 0 amide bonds. The molecule has 0 aliphatic heterocycles. The molecule has 26 heavy (non-hydrogen) atoms. The molecular formula is C18H25N5O3. The van der Waals surface area contributed by atoms with Crippen molar-refractivity contribution < 1.29 is 9.47 Å². The van der Waals surface area contributed by atoms with Gasteiger partial charge in [-0.3, -0.25) is 5.43 Å². The monoisotopic (exact) mass is 359 g/mol. The molecule has 8 nitrogen and oxygen atoms in total. The molecule has 0 spiro atoms. The highest BCUT2D eigenvalue weighted by molar-refractivity contribution is 5.81. The Balaban J connectivity index is 1.97. The van der Waals surface area contributed by atoms with Crippen LogP contribution < -0.4 is 20.6 Å². The third kappa shape index (κ3) is 5.87. The molecule has 0 radical (unpaired) electrons. The predicted octanol–water partition coefficient (Wildman–Crippen LogP) is 2.89. The van der Waals surface area contributed by atoms with Crippen LogP contribution in [0.3, 0.4) is 0 Å². The Morgan fingerprint density at radius 3 is 2.88 bits per heavy atom. The van der Waals surface area contributed by atoms with Crippen LogP contribution in [0.5, 0.6) is 11.5 Å². The van der Waals surface area contributed by atoms with Crippen LogP contribution >= 0.6 is 0 Å². The highest BCUT2D eigenvalue weighted by atomic mass is 16.5. The minimum absolute atomic E-state index is 0.309. The summed E-state index contributed by atoms with van der Waals surface area (Å²) in [6, 6.07) is 5.58. The number of nitrogens with zero attached hydrogens (tertiary/aromatic N) is 3. The number of H-pyrrole nitrogens is 1. The molecule has 2 N–H and O–H groups in total. The normalized spacial score (nSPS) is 10.9. The summed E-state index contributed by atoms with van der Waals surface area (Å²) >= 11 is 0. The zero-order valence-corrected chi connectivity index (χ0v) is 15.4. The highest BCUT2D eigenvalue weighted by Crippen LogP contribution is 2.27. The van der Waals surface area contributed by atoms with Crippen molar-refractivity contribution in [1.82, 2.24) is 15.2 Å². The Hall–Kier alpha value is -2.90. The first-order chi connectivity index (χ1) is 12.6. The summed E-state index contributed by atoms with van der Waals surface area (Å²) in [5.74, 6) is 1.67. The minimum atomic E-state index is -0.532. The third-order valence-corrected chi connectivity index (χ3v) is 3.70. The summed E-state index contributed by atoms with van der Waals surface area (Å²) in [6.45, 7) is 4.57. The van der Waals surface area contributed by atoms with Crippen molar-refractivity contribution >= 4 is 12.0 Å². The number of ether oxygens (including phenoxy) is 2. The van der Waals surface area contributed by atoms with Gasteiger partial charge in [-0.1, -0.05) is 26.2 Å². The van der Waals surface area contributed by atoms with Gasteiger partial charge in [0, 0.05) is 0 Å². The van der Waals surface area contributed by atoms with Crippen molar-refractivity contribution in [1.29, 1.82) is 0 Å². The van der Waals surface area contributed by atoms with Gasteiger partial charge in [-0.15, -0.1) is 0 Å². The average Bonchev–Trinajstić information content (AvgIpc) is 2.65. The van der Waals surface area contributed by atoms with Gasteiger partial charge in [0.1, 0.15) is 5.69 Å². The van der Waals surface area contributed by atoms with Gasteiger partial charge >= 0.3 is 5.69 Å². The first kappa shape index (κ1) is 19.4. The topological polar surface area (TPSA) is 101 Å².